The smallest absolute Gasteiger partial charge is 0.344 e. The molecule has 0 aliphatic rings. The molecule has 0 rings (SSSR count). The summed E-state index contributed by atoms with van der Waals surface area (Å²) in [6.45, 7) is 0.410. The predicted molar refractivity (Wildman–Crippen MR) is 43.7 cm³/mol. The molecule has 0 saturated heterocycles. The van der Waals surface area contributed by atoms with Gasteiger partial charge in [0.1, 0.15) is 6.61 Å². The second kappa shape index (κ2) is 8.00. The van der Waals surface area contributed by atoms with Gasteiger partial charge in [-0.3, -0.25) is 0 Å². The normalized spacial score (nSPS) is 10.2. The molecule has 5 nitrogen and oxygen atoms in total. The van der Waals surface area contributed by atoms with E-state index in [0.717, 1.165) is 0 Å². The first-order valence-corrected chi connectivity index (χ1v) is 2.61. The van der Waals surface area contributed by atoms with Crippen molar-refractivity contribution in [2.45, 2.75) is 27.9 Å². The minimum Gasteiger partial charge on any atom is -0.479 e. The fourth-order valence-corrected chi connectivity index (χ4v) is 0.285. The zero-order valence-corrected chi connectivity index (χ0v) is 5.40. The first-order valence-electron chi connectivity index (χ1n) is 2.61. The van der Waals surface area contributed by atoms with Crippen molar-refractivity contribution in [1.82, 2.24) is 0 Å². The van der Waals surface area contributed by atoms with E-state index in [1.54, 1.807) is 0 Å². The van der Waals surface area contributed by atoms with Crippen LogP contribution in [0.15, 0.2) is 0 Å². The van der Waals surface area contributed by atoms with Crippen molar-refractivity contribution in [3.8, 4) is 0 Å². The monoisotopic (exact) mass is 180 g/mol. The molecule has 0 bridgehead atoms. The van der Waals surface area contributed by atoms with E-state index in [4.69, 9.17) is 10.2 Å². The number of rotatable bonds is 3. The number of aliphatic hydroxyl groups is 1. The minimum atomic E-state index is -1.23. The number of hydrogen-bond donors (Lipinski definition) is 2. The van der Waals surface area contributed by atoms with Gasteiger partial charge >= 0.3 is 11.9 Å². The van der Waals surface area contributed by atoms with Crippen molar-refractivity contribution in [2.24, 2.45) is 0 Å². The Hall–Kier alpha value is -1.10. The largest absolute Gasteiger partial charge is 0.479 e. The summed E-state index contributed by atoms with van der Waals surface area (Å²) in [7, 11) is 0. The van der Waals surface area contributed by atoms with Crippen LogP contribution in [0.25, 0.3) is 0 Å². The Labute approximate surface area is 72.0 Å². The van der Waals surface area contributed by atoms with Crippen molar-refractivity contribution in [3.05, 3.63) is 0 Å². The SMILES string of the molecule is C.C.CC(OC(=O)CO)C(=O)O. The van der Waals surface area contributed by atoms with E-state index in [1.807, 2.05) is 0 Å². The van der Waals surface area contributed by atoms with Gasteiger partial charge in [0, 0.05) is 0 Å². The highest BCUT2D eigenvalue weighted by Gasteiger charge is 2.14. The lowest BCUT2D eigenvalue weighted by molar-refractivity contribution is -0.164. The molecule has 0 aliphatic heterocycles. The number of aliphatic carboxylic acids is 1. The molecule has 0 aromatic rings. The van der Waals surface area contributed by atoms with E-state index in [9.17, 15) is 9.59 Å². The highest BCUT2D eigenvalue weighted by atomic mass is 16.6. The summed E-state index contributed by atoms with van der Waals surface area (Å²) >= 11 is 0. The summed E-state index contributed by atoms with van der Waals surface area (Å²) in [6.07, 6.45) is -1.19. The molecular formula is C7H16O5. The molecule has 0 fully saturated rings. The number of ether oxygens (including phenoxy) is 1. The molecule has 12 heavy (non-hydrogen) atoms. The quantitative estimate of drug-likeness (QED) is 0.609. The number of carboxylic acids is 1. The standard InChI is InChI=1S/C5H8O5.2CH4/c1-3(5(8)9)10-4(7)2-6;;/h3,6H,2H2,1H3,(H,8,9);2*1H4. The van der Waals surface area contributed by atoms with Crippen LogP contribution in [-0.2, 0) is 14.3 Å². The minimum absolute atomic E-state index is 0. The van der Waals surface area contributed by atoms with Crippen LogP contribution in [0.5, 0.6) is 0 Å². The molecule has 74 valence electrons. The van der Waals surface area contributed by atoms with E-state index in [-0.39, 0.29) is 14.9 Å². The summed E-state index contributed by atoms with van der Waals surface area (Å²) in [5.74, 6) is -2.17. The maximum atomic E-state index is 10.2. The molecule has 0 saturated carbocycles. The lowest BCUT2D eigenvalue weighted by atomic mass is 10.4. The van der Waals surface area contributed by atoms with Crippen LogP contribution in [0, 0.1) is 0 Å². The van der Waals surface area contributed by atoms with E-state index in [2.05, 4.69) is 4.74 Å². The fraction of sp³-hybridized carbons (Fsp3) is 0.714. The van der Waals surface area contributed by atoms with E-state index in [1.165, 1.54) is 6.92 Å². The zero-order chi connectivity index (χ0) is 8.15. The number of carbonyl (C=O) groups is 2. The lowest BCUT2D eigenvalue weighted by Gasteiger charge is -2.05. The Morgan fingerprint density at radius 2 is 1.83 bits per heavy atom. The average Bonchev–Trinajstić information content (AvgIpc) is 1.87. The van der Waals surface area contributed by atoms with Crippen LogP contribution < -0.4 is 0 Å². The van der Waals surface area contributed by atoms with Gasteiger partial charge in [-0.15, -0.1) is 0 Å². The molecule has 2 N–H and O–H groups in total. The number of carboxylic acid groups (broad SMARTS) is 1. The maximum Gasteiger partial charge on any atom is 0.344 e. The highest BCUT2D eigenvalue weighted by molar-refractivity contribution is 5.77. The summed E-state index contributed by atoms with van der Waals surface area (Å²) in [6, 6.07) is 0. The molecule has 0 heterocycles. The number of aliphatic hydroxyl groups excluding tert-OH is 1. The van der Waals surface area contributed by atoms with Crippen molar-refractivity contribution in [2.75, 3.05) is 6.61 Å². The Balaban J connectivity index is -0.000000405. The lowest BCUT2D eigenvalue weighted by Crippen LogP contribution is -2.24. The van der Waals surface area contributed by atoms with Gasteiger partial charge in [-0.25, -0.2) is 9.59 Å². The highest BCUT2D eigenvalue weighted by Crippen LogP contribution is 1.89. The number of hydrogen-bond acceptors (Lipinski definition) is 4. The molecule has 0 radical (unpaired) electrons. The molecule has 1 unspecified atom stereocenters. The number of esters is 1. The second-order valence-corrected chi connectivity index (χ2v) is 1.63. The van der Waals surface area contributed by atoms with Gasteiger partial charge in [0.05, 0.1) is 0 Å². The Bertz CT molecular complexity index is 143. The summed E-state index contributed by atoms with van der Waals surface area (Å²) in [4.78, 5) is 20.2. The molecular weight excluding hydrogens is 164 g/mol. The third-order valence-corrected chi connectivity index (χ3v) is 0.785. The molecule has 1 atom stereocenters. The maximum absolute atomic E-state index is 10.2. The Morgan fingerprint density at radius 3 is 2.08 bits per heavy atom. The summed E-state index contributed by atoms with van der Waals surface area (Å²) in [5.41, 5.74) is 0. The van der Waals surface area contributed by atoms with Crippen molar-refractivity contribution >= 4 is 11.9 Å². The first-order chi connectivity index (χ1) is 4.57. The van der Waals surface area contributed by atoms with E-state index in [0.29, 0.717) is 0 Å². The summed E-state index contributed by atoms with van der Waals surface area (Å²) < 4.78 is 4.17. The molecule has 0 amide bonds. The Morgan fingerprint density at radius 1 is 1.42 bits per heavy atom. The van der Waals surface area contributed by atoms with Crippen molar-refractivity contribution in [1.29, 1.82) is 0 Å². The van der Waals surface area contributed by atoms with Gasteiger partial charge in [0.15, 0.2) is 6.10 Å². The fourth-order valence-electron chi connectivity index (χ4n) is 0.285. The number of carbonyl (C=O) groups excluding carboxylic acids is 1. The third kappa shape index (κ3) is 7.01. The van der Waals surface area contributed by atoms with Gasteiger partial charge in [-0.2, -0.15) is 0 Å². The van der Waals surface area contributed by atoms with E-state index >= 15 is 0 Å². The van der Waals surface area contributed by atoms with E-state index < -0.39 is 24.6 Å². The molecule has 0 aliphatic carbocycles. The van der Waals surface area contributed by atoms with Gasteiger partial charge in [0.2, 0.25) is 0 Å². The predicted octanol–water partition coefficient (Wildman–Crippen LogP) is 0.267. The van der Waals surface area contributed by atoms with Gasteiger partial charge < -0.3 is 14.9 Å². The average molecular weight is 180 g/mol. The third-order valence-electron chi connectivity index (χ3n) is 0.785. The van der Waals surface area contributed by atoms with Crippen molar-refractivity contribution in [3.63, 3.8) is 0 Å². The summed E-state index contributed by atoms with van der Waals surface area (Å²) in [5, 5.41) is 16.3. The van der Waals surface area contributed by atoms with Crippen LogP contribution >= 0.6 is 0 Å². The zero-order valence-electron chi connectivity index (χ0n) is 5.40. The van der Waals surface area contributed by atoms with Gasteiger partial charge in [-0.1, -0.05) is 14.9 Å². The van der Waals surface area contributed by atoms with Crippen LogP contribution in [0.4, 0.5) is 0 Å². The van der Waals surface area contributed by atoms with Gasteiger partial charge in [-0.05, 0) is 6.92 Å². The van der Waals surface area contributed by atoms with Crippen molar-refractivity contribution < 1.29 is 24.5 Å². The van der Waals surface area contributed by atoms with Crippen LogP contribution in [0.2, 0.25) is 0 Å². The van der Waals surface area contributed by atoms with Crippen LogP contribution in [-0.4, -0.2) is 34.9 Å². The second-order valence-electron chi connectivity index (χ2n) is 1.63. The molecule has 0 spiro atoms. The van der Waals surface area contributed by atoms with Gasteiger partial charge in [0.25, 0.3) is 0 Å². The van der Waals surface area contributed by atoms with Crippen LogP contribution in [0.1, 0.15) is 21.8 Å². The topological polar surface area (TPSA) is 83.8 Å². The molecule has 5 heteroatoms. The van der Waals surface area contributed by atoms with Crippen LogP contribution in [0.3, 0.4) is 0 Å². The molecule has 0 aromatic carbocycles. The first kappa shape index (κ1) is 17.1. The Kier molecular flexibility index (Phi) is 11.4. The molecule has 0 aromatic heterocycles.